The highest BCUT2D eigenvalue weighted by molar-refractivity contribution is 9.10. The van der Waals surface area contributed by atoms with Crippen molar-refractivity contribution in [2.24, 2.45) is 7.05 Å². The molecule has 1 heterocycles. The zero-order valence-corrected chi connectivity index (χ0v) is 24.4. The highest BCUT2D eigenvalue weighted by Gasteiger charge is 2.31. The molecule has 0 N–H and O–H groups in total. The third-order valence-corrected chi connectivity index (χ3v) is 8.22. The normalized spacial score (nSPS) is 13.0. The predicted octanol–water partition coefficient (Wildman–Crippen LogP) is 6.76. The van der Waals surface area contributed by atoms with E-state index < -0.39 is 0 Å². The van der Waals surface area contributed by atoms with Gasteiger partial charge >= 0.3 is 0 Å². The molecule has 0 unspecified atom stereocenters. The van der Waals surface area contributed by atoms with Crippen molar-refractivity contribution >= 4 is 32.7 Å². The molecule has 7 nitrogen and oxygen atoms in total. The smallest absolute Gasteiger partial charge is 0.127 e. The summed E-state index contributed by atoms with van der Waals surface area (Å²) in [5, 5.41) is 0. The van der Waals surface area contributed by atoms with Crippen molar-refractivity contribution < 1.29 is 18.9 Å². The van der Waals surface area contributed by atoms with E-state index in [1.165, 1.54) is 18.4 Å². The van der Waals surface area contributed by atoms with E-state index in [4.69, 9.17) is 23.9 Å². The fourth-order valence-corrected chi connectivity index (χ4v) is 5.86. The first kappa shape index (κ1) is 26.2. The summed E-state index contributed by atoms with van der Waals surface area (Å²) in [7, 11) is 8.80. The van der Waals surface area contributed by atoms with Crippen molar-refractivity contribution in [1.82, 2.24) is 9.55 Å². The van der Waals surface area contributed by atoms with E-state index in [-0.39, 0.29) is 0 Å². The van der Waals surface area contributed by atoms with Crippen LogP contribution in [0.3, 0.4) is 0 Å². The monoisotopic (exact) mass is 579 g/mol. The Morgan fingerprint density at radius 2 is 1.42 bits per heavy atom. The molecule has 0 aliphatic heterocycles. The number of nitrogens with zero attached hydrogens (tertiary/aromatic N) is 3. The topological polar surface area (TPSA) is 58.0 Å². The van der Waals surface area contributed by atoms with Crippen molar-refractivity contribution in [2.45, 2.75) is 38.8 Å². The second-order valence-electron chi connectivity index (χ2n) is 9.70. The van der Waals surface area contributed by atoms with Crippen LogP contribution >= 0.6 is 15.9 Å². The second kappa shape index (κ2) is 10.8. The average molecular weight is 581 g/mol. The van der Waals surface area contributed by atoms with Crippen LogP contribution in [0.25, 0.3) is 11.0 Å². The van der Waals surface area contributed by atoms with Crippen LogP contribution in [-0.2, 0) is 20.1 Å². The lowest BCUT2D eigenvalue weighted by molar-refractivity contribution is 0.389. The van der Waals surface area contributed by atoms with Crippen molar-refractivity contribution in [3.63, 3.8) is 0 Å². The Hall–Kier alpha value is -3.39. The summed E-state index contributed by atoms with van der Waals surface area (Å²) in [6.07, 6.45) is 2.41. The van der Waals surface area contributed by atoms with Crippen molar-refractivity contribution in [2.75, 3.05) is 33.3 Å². The van der Waals surface area contributed by atoms with Gasteiger partial charge in [0.1, 0.15) is 34.3 Å². The lowest BCUT2D eigenvalue weighted by atomic mass is 10.1. The average Bonchev–Trinajstić information content (AvgIpc) is 3.74. The van der Waals surface area contributed by atoms with E-state index in [0.717, 1.165) is 61.1 Å². The zero-order chi connectivity index (χ0) is 27.0. The van der Waals surface area contributed by atoms with Gasteiger partial charge in [-0.2, -0.15) is 0 Å². The number of aryl methyl sites for hydroxylation is 2. The summed E-state index contributed by atoms with van der Waals surface area (Å²) >= 11 is 4.03. The van der Waals surface area contributed by atoms with E-state index in [2.05, 4.69) is 57.6 Å². The van der Waals surface area contributed by atoms with E-state index in [1.54, 1.807) is 28.4 Å². The van der Waals surface area contributed by atoms with Crippen LogP contribution in [0.1, 0.15) is 41.3 Å². The van der Waals surface area contributed by atoms with Gasteiger partial charge in [-0.3, -0.25) is 0 Å². The Labute approximate surface area is 232 Å². The van der Waals surface area contributed by atoms with Crippen LogP contribution in [0.2, 0.25) is 0 Å². The zero-order valence-electron chi connectivity index (χ0n) is 22.8. The van der Waals surface area contributed by atoms with Crippen molar-refractivity contribution in [1.29, 1.82) is 0 Å². The van der Waals surface area contributed by atoms with Gasteiger partial charge in [0, 0.05) is 47.9 Å². The lowest BCUT2D eigenvalue weighted by Crippen LogP contribution is -2.24. The van der Waals surface area contributed by atoms with Gasteiger partial charge in [0.25, 0.3) is 0 Å². The van der Waals surface area contributed by atoms with E-state index in [9.17, 15) is 0 Å². The van der Waals surface area contributed by atoms with Crippen LogP contribution in [0.15, 0.2) is 46.9 Å². The SMILES string of the molecule is COc1ccc(CN(Cc2ccc(OC)cc2OC)c2c(Br)c(C3CC3)cc3c2nc(C)n3C)c(OC)c1. The quantitative estimate of drug-likeness (QED) is 0.207. The van der Waals surface area contributed by atoms with Gasteiger partial charge in [0.15, 0.2) is 0 Å². The molecule has 0 saturated heterocycles. The highest BCUT2D eigenvalue weighted by Crippen LogP contribution is 2.49. The molecule has 8 heteroatoms. The fraction of sp³-hybridized carbons (Fsp3) is 0.367. The molecule has 1 aromatic heterocycles. The number of hydrogen-bond donors (Lipinski definition) is 0. The molecule has 1 aliphatic carbocycles. The van der Waals surface area contributed by atoms with Crippen LogP contribution < -0.4 is 23.8 Å². The first-order valence-corrected chi connectivity index (χ1v) is 13.5. The maximum Gasteiger partial charge on any atom is 0.127 e. The number of hydrogen-bond acceptors (Lipinski definition) is 6. The maximum absolute atomic E-state index is 5.78. The first-order chi connectivity index (χ1) is 18.4. The van der Waals surface area contributed by atoms with Crippen molar-refractivity contribution in [3.05, 3.63) is 69.5 Å². The Kier molecular flexibility index (Phi) is 7.43. The van der Waals surface area contributed by atoms with E-state index >= 15 is 0 Å². The summed E-state index contributed by atoms with van der Waals surface area (Å²) in [5.74, 6) is 4.61. The molecule has 1 aliphatic rings. The number of imidazole rings is 1. The second-order valence-corrected chi connectivity index (χ2v) is 10.5. The number of ether oxygens (including phenoxy) is 4. The lowest BCUT2D eigenvalue weighted by Gasteiger charge is -2.29. The summed E-state index contributed by atoms with van der Waals surface area (Å²) < 4.78 is 25.7. The number of benzene rings is 3. The molecular weight excluding hydrogens is 546 g/mol. The molecule has 4 aromatic rings. The fourth-order valence-electron chi connectivity index (χ4n) is 4.99. The number of aromatic nitrogens is 2. The van der Waals surface area contributed by atoms with Gasteiger partial charge in [0.2, 0.25) is 0 Å². The van der Waals surface area contributed by atoms with Gasteiger partial charge in [0.05, 0.1) is 39.6 Å². The van der Waals surface area contributed by atoms with Gasteiger partial charge < -0.3 is 28.4 Å². The molecule has 0 bridgehead atoms. The molecule has 38 heavy (non-hydrogen) atoms. The van der Waals surface area contributed by atoms with Gasteiger partial charge in [-0.05, 0) is 77.5 Å². The third kappa shape index (κ3) is 4.89. The number of fused-ring (bicyclic) bond motifs is 1. The third-order valence-electron chi connectivity index (χ3n) is 7.39. The summed E-state index contributed by atoms with van der Waals surface area (Å²) in [5.41, 5.74) is 6.61. The summed E-state index contributed by atoms with van der Waals surface area (Å²) in [4.78, 5) is 7.39. The molecule has 0 spiro atoms. The number of methoxy groups -OCH3 is 4. The Morgan fingerprint density at radius 3 is 1.89 bits per heavy atom. The van der Waals surface area contributed by atoms with Crippen LogP contribution in [-0.4, -0.2) is 38.0 Å². The molecule has 0 radical (unpaired) electrons. The predicted molar refractivity (Wildman–Crippen MR) is 154 cm³/mol. The number of halogens is 1. The number of rotatable bonds is 10. The van der Waals surface area contributed by atoms with Gasteiger partial charge in [-0.15, -0.1) is 0 Å². The van der Waals surface area contributed by atoms with E-state index in [1.807, 2.05) is 24.3 Å². The van der Waals surface area contributed by atoms with Crippen LogP contribution in [0, 0.1) is 6.92 Å². The molecule has 1 fully saturated rings. The Morgan fingerprint density at radius 1 is 0.868 bits per heavy atom. The van der Waals surface area contributed by atoms with Gasteiger partial charge in [-0.25, -0.2) is 4.98 Å². The largest absolute Gasteiger partial charge is 0.497 e. The van der Waals surface area contributed by atoms with Crippen LogP contribution in [0.5, 0.6) is 23.0 Å². The minimum Gasteiger partial charge on any atom is -0.497 e. The molecule has 1 saturated carbocycles. The highest BCUT2D eigenvalue weighted by atomic mass is 79.9. The molecule has 3 aromatic carbocycles. The Bertz CT molecular complexity index is 1420. The standard InChI is InChI=1S/C30H34BrN3O4/c1-18-32-29-25(33(18)2)15-24(19-7-8-19)28(31)30(29)34(16-20-9-11-22(35-3)13-26(20)37-5)17-21-10-12-23(36-4)14-27(21)38-6/h9-15,19H,7-8,16-17H2,1-6H3. The summed E-state index contributed by atoms with van der Waals surface area (Å²) in [6.45, 7) is 3.25. The molecule has 5 rings (SSSR count). The van der Waals surface area contributed by atoms with E-state index in [0.29, 0.717) is 19.0 Å². The minimum atomic E-state index is 0.565. The molecule has 200 valence electrons. The van der Waals surface area contributed by atoms with Gasteiger partial charge in [-0.1, -0.05) is 0 Å². The maximum atomic E-state index is 5.78. The Balaban J connectivity index is 1.70. The summed E-state index contributed by atoms with van der Waals surface area (Å²) in [6, 6.07) is 14.2. The minimum absolute atomic E-state index is 0.565. The molecular formula is C30H34BrN3O4. The van der Waals surface area contributed by atoms with Crippen molar-refractivity contribution in [3.8, 4) is 23.0 Å². The first-order valence-electron chi connectivity index (χ1n) is 12.7. The number of anilines is 1. The molecule has 0 amide bonds. The van der Waals surface area contributed by atoms with Crippen LogP contribution in [0.4, 0.5) is 5.69 Å². The molecule has 0 atom stereocenters.